The summed E-state index contributed by atoms with van der Waals surface area (Å²) in [6, 6.07) is 11.9. The third-order valence-electron chi connectivity index (χ3n) is 4.39. The minimum atomic E-state index is -4.38. The highest BCUT2D eigenvalue weighted by atomic mass is 19.4. The van der Waals surface area contributed by atoms with Crippen molar-refractivity contribution >= 4 is 5.91 Å². The fourth-order valence-corrected chi connectivity index (χ4v) is 3.27. The van der Waals surface area contributed by atoms with Crippen molar-refractivity contribution < 1.29 is 22.7 Å². The zero-order chi connectivity index (χ0) is 18.9. The molecule has 0 unspecified atom stereocenters. The number of hydrogen-bond donors (Lipinski definition) is 0. The van der Waals surface area contributed by atoms with Crippen molar-refractivity contribution in [2.75, 3.05) is 13.1 Å². The summed E-state index contributed by atoms with van der Waals surface area (Å²) in [5.74, 6) is -0.137. The molecule has 0 N–H and O–H groups in total. The lowest BCUT2D eigenvalue weighted by Gasteiger charge is -2.35. The first-order chi connectivity index (χ1) is 12.3. The second-order valence-corrected chi connectivity index (χ2v) is 6.59. The molecule has 1 amide bonds. The van der Waals surface area contributed by atoms with Gasteiger partial charge in [0.1, 0.15) is 0 Å². The van der Waals surface area contributed by atoms with E-state index in [0.717, 1.165) is 12.1 Å². The van der Waals surface area contributed by atoms with Gasteiger partial charge >= 0.3 is 6.18 Å². The van der Waals surface area contributed by atoms with Gasteiger partial charge in [-0.15, -0.1) is 0 Å². The van der Waals surface area contributed by atoms with Gasteiger partial charge in [-0.1, -0.05) is 30.3 Å². The fraction of sp³-hybridized carbons (Fsp3) is 0.350. The molecule has 1 aliphatic rings. The fourth-order valence-electron chi connectivity index (χ4n) is 3.27. The van der Waals surface area contributed by atoms with E-state index < -0.39 is 11.7 Å². The molecule has 3 nitrogen and oxygen atoms in total. The van der Waals surface area contributed by atoms with Gasteiger partial charge in [-0.05, 0) is 43.2 Å². The topological polar surface area (TPSA) is 29.5 Å². The number of alkyl halides is 3. The van der Waals surface area contributed by atoms with E-state index in [9.17, 15) is 18.0 Å². The Morgan fingerprint density at radius 1 is 1.00 bits per heavy atom. The molecule has 0 radical (unpaired) electrons. The average Bonchev–Trinajstić information content (AvgIpc) is 2.59. The van der Waals surface area contributed by atoms with Gasteiger partial charge in [-0.25, -0.2) is 0 Å². The second kappa shape index (κ2) is 7.11. The van der Waals surface area contributed by atoms with Crippen molar-refractivity contribution in [2.45, 2.75) is 32.2 Å². The van der Waals surface area contributed by atoms with Gasteiger partial charge in [0, 0.05) is 18.7 Å². The smallest absolute Gasteiger partial charge is 0.372 e. The molecule has 0 bridgehead atoms. The van der Waals surface area contributed by atoms with Gasteiger partial charge in [-0.2, -0.15) is 13.2 Å². The van der Waals surface area contributed by atoms with Crippen LogP contribution in [0.4, 0.5) is 13.2 Å². The maximum absolute atomic E-state index is 13.0. The molecule has 138 valence electrons. The van der Waals surface area contributed by atoms with Crippen LogP contribution in [0.1, 0.15) is 29.8 Å². The number of carbonyl (C=O) groups is 1. The molecular weight excluding hydrogens is 343 g/mol. The predicted octanol–water partition coefficient (Wildman–Crippen LogP) is 4.62. The Labute approximate surface area is 150 Å². The molecule has 2 aromatic carbocycles. The number of rotatable bonds is 2. The Balaban J connectivity index is 1.92. The number of hydrogen-bond acceptors (Lipinski definition) is 2. The van der Waals surface area contributed by atoms with E-state index in [-0.39, 0.29) is 18.1 Å². The van der Waals surface area contributed by atoms with Crippen molar-refractivity contribution in [1.82, 2.24) is 4.90 Å². The van der Waals surface area contributed by atoms with Gasteiger partial charge < -0.3 is 9.64 Å². The van der Waals surface area contributed by atoms with Crippen molar-refractivity contribution in [3.8, 4) is 11.1 Å². The first-order valence-electron chi connectivity index (χ1n) is 8.47. The molecule has 0 saturated carbocycles. The summed E-state index contributed by atoms with van der Waals surface area (Å²) in [7, 11) is 0. The standard InChI is InChI=1S/C20H20F3NO2/c1-13-11-24(12-14(2)26-13)19(25)18-6-4-3-5-17(18)15-7-9-16(10-8-15)20(21,22)23/h3-10,13-14H,11-12H2,1-2H3/t13-,14-/m0/s1. The maximum Gasteiger partial charge on any atom is 0.416 e. The second-order valence-electron chi connectivity index (χ2n) is 6.59. The predicted molar refractivity (Wildman–Crippen MR) is 92.8 cm³/mol. The lowest BCUT2D eigenvalue weighted by Crippen LogP contribution is -2.48. The van der Waals surface area contributed by atoms with Crippen LogP contribution in [-0.2, 0) is 10.9 Å². The summed E-state index contributed by atoms with van der Waals surface area (Å²) in [6.45, 7) is 4.81. The molecule has 2 atom stereocenters. The molecule has 0 spiro atoms. The molecule has 1 fully saturated rings. The molecule has 1 heterocycles. The quantitative estimate of drug-likeness (QED) is 0.779. The van der Waals surface area contributed by atoms with Crippen molar-refractivity contribution in [3.63, 3.8) is 0 Å². The first-order valence-corrected chi connectivity index (χ1v) is 8.47. The van der Waals surface area contributed by atoms with Crippen LogP contribution in [0.25, 0.3) is 11.1 Å². The highest BCUT2D eigenvalue weighted by molar-refractivity contribution is 6.01. The van der Waals surface area contributed by atoms with Crippen LogP contribution >= 0.6 is 0 Å². The Morgan fingerprint density at radius 3 is 2.15 bits per heavy atom. The summed E-state index contributed by atoms with van der Waals surface area (Å²) in [5, 5.41) is 0. The first kappa shape index (κ1) is 18.5. The molecule has 0 aromatic heterocycles. The van der Waals surface area contributed by atoms with Crippen LogP contribution in [0.5, 0.6) is 0 Å². The van der Waals surface area contributed by atoms with Crippen LogP contribution in [0.15, 0.2) is 48.5 Å². The van der Waals surface area contributed by atoms with Crippen molar-refractivity contribution in [2.24, 2.45) is 0 Å². The van der Waals surface area contributed by atoms with E-state index in [1.54, 1.807) is 29.2 Å². The number of halogens is 3. The van der Waals surface area contributed by atoms with Gasteiger partial charge in [0.2, 0.25) is 0 Å². The average molecular weight is 363 g/mol. The van der Waals surface area contributed by atoms with Crippen LogP contribution in [0.3, 0.4) is 0 Å². The number of carbonyl (C=O) groups excluding carboxylic acids is 1. The van der Waals surface area contributed by atoms with E-state index in [4.69, 9.17) is 4.74 Å². The molecule has 26 heavy (non-hydrogen) atoms. The summed E-state index contributed by atoms with van der Waals surface area (Å²) < 4.78 is 44.0. The third kappa shape index (κ3) is 3.90. The zero-order valence-corrected chi connectivity index (χ0v) is 14.6. The van der Waals surface area contributed by atoms with Crippen LogP contribution in [-0.4, -0.2) is 36.1 Å². The van der Waals surface area contributed by atoms with Crippen molar-refractivity contribution in [1.29, 1.82) is 0 Å². The lowest BCUT2D eigenvalue weighted by molar-refractivity contribution is -0.137. The lowest BCUT2D eigenvalue weighted by atomic mass is 9.97. The van der Waals surface area contributed by atoms with E-state index >= 15 is 0 Å². The highest BCUT2D eigenvalue weighted by Crippen LogP contribution is 2.32. The van der Waals surface area contributed by atoms with E-state index in [1.165, 1.54) is 12.1 Å². The molecule has 6 heteroatoms. The number of morpholine rings is 1. The van der Waals surface area contributed by atoms with E-state index in [2.05, 4.69) is 0 Å². The highest BCUT2D eigenvalue weighted by Gasteiger charge is 2.31. The third-order valence-corrected chi connectivity index (χ3v) is 4.39. The molecule has 2 aromatic rings. The van der Waals surface area contributed by atoms with Gasteiger partial charge in [0.25, 0.3) is 5.91 Å². The molecule has 1 saturated heterocycles. The van der Waals surface area contributed by atoms with Crippen LogP contribution in [0, 0.1) is 0 Å². The Kier molecular flexibility index (Phi) is 5.05. The summed E-state index contributed by atoms with van der Waals surface area (Å²) in [6.07, 6.45) is -4.49. The number of ether oxygens (including phenoxy) is 1. The van der Waals surface area contributed by atoms with Gasteiger partial charge in [0.05, 0.1) is 17.8 Å². The number of nitrogens with zero attached hydrogens (tertiary/aromatic N) is 1. The summed E-state index contributed by atoms with van der Waals surface area (Å²) in [4.78, 5) is 14.7. The van der Waals surface area contributed by atoms with Gasteiger partial charge in [0.15, 0.2) is 0 Å². The van der Waals surface area contributed by atoms with Gasteiger partial charge in [-0.3, -0.25) is 4.79 Å². The normalized spacial score (nSPS) is 20.9. The van der Waals surface area contributed by atoms with Crippen LogP contribution < -0.4 is 0 Å². The minimum Gasteiger partial charge on any atom is -0.372 e. The number of benzene rings is 2. The molecule has 1 aliphatic heterocycles. The molecule has 3 rings (SSSR count). The largest absolute Gasteiger partial charge is 0.416 e. The summed E-state index contributed by atoms with van der Waals surface area (Å²) >= 11 is 0. The molecule has 0 aliphatic carbocycles. The monoisotopic (exact) mass is 363 g/mol. The number of amides is 1. The zero-order valence-electron chi connectivity index (χ0n) is 14.6. The Hall–Kier alpha value is -2.34. The van der Waals surface area contributed by atoms with Crippen molar-refractivity contribution in [3.05, 3.63) is 59.7 Å². The maximum atomic E-state index is 13.0. The SMILES string of the molecule is C[C@H]1CN(C(=O)c2ccccc2-c2ccc(C(F)(F)F)cc2)C[C@H](C)O1. The van der Waals surface area contributed by atoms with E-state index in [0.29, 0.717) is 29.8 Å². The minimum absolute atomic E-state index is 0.0547. The molecular formula is C20H20F3NO2. The van der Waals surface area contributed by atoms with E-state index in [1.807, 2.05) is 13.8 Å². The van der Waals surface area contributed by atoms with Crippen LogP contribution in [0.2, 0.25) is 0 Å². The summed E-state index contributed by atoms with van der Waals surface area (Å²) in [5.41, 5.74) is 0.976. The Bertz CT molecular complexity index is 776. The Morgan fingerprint density at radius 2 is 1.58 bits per heavy atom.